The third-order valence-corrected chi connectivity index (χ3v) is 1.80. The van der Waals surface area contributed by atoms with E-state index >= 15 is 0 Å². The Morgan fingerprint density at radius 3 is 2.19 bits per heavy atom. The minimum Gasteiger partial charge on any atom is -0.480 e. The molecule has 0 saturated carbocycles. The van der Waals surface area contributed by atoms with E-state index in [1.807, 2.05) is 5.32 Å². The van der Waals surface area contributed by atoms with Gasteiger partial charge in [-0.2, -0.15) is 0 Å². The molecule has 0 aliphatic rings. The second kappa shape index (κ2) is 6.03. The normalized spacial score (nSPS) is 15.9. The number of aliphatic hydroxyl groups excluding tert-OH is 1. The number of nitrogens with one attached hydrogen (secondary N) is 1. The molecule has 92 valence electrons. The van der Waals surface area contributed by atoms with Gasteiger partial charge in [0.05, 0.1) is 18.6 Å². The van der Waals surface area contributed by atoms with Crippen molar-refractivity contribution >= 4 is 17.8 Å². The predicted octanol–water partition coefficient (Wildman–Crippen LogP) is -2.86. The summed E-state index contributed by atoms with van der Waals surface area (Å²) < 4.78 is 0. The van der Waals surface area contributed by atoms with Gasteiger partial charge in [0.15, 0.2) is 6.04 Å². The fourth-order valence-electron chi connectivity index (χ4n) is 0.958. The molecule has 0 fully saturated rings. The van der Waals surface area contributed by atoms with Crippen molar-refractivity contribution in [3.8, 4) is 0 Å². The lowest BCUT2D eigenvalue weighted by molar-refractivity contribution is -0.145. The van der Waals surface area contributed by atoms with Gasteiger partial charge < -0.3 is 27.0 Å². The van der Waals surface area contributed by atoms with Crippen molar-refractivity contribution in [1.29, 1.82) is 0 Å². The quantitative estimate of drug-likeness (QED) is 0.332. The number of amides is 2. The first-order valence-electron chi connectivity index (χ1n) is 4.50. The van der Waals surface area contributed by atoms with E-state index in [1.54, 1.807) is 0 Å². The molecule has 16 heavy (non-hydrogen) atoms. The van der Waals surface area contributed by atoms with E-state index in [4.69, 9.17) is 21.7 Å². The summed E-state index contributed by atoms with van der Waals surface area (Å²) in [5, 5.41) is 19.7. The number of carbonyl (C=O) groups is 3. The second-order valence-electron chi connectivity index (χ2n) is 3.34. The first-order chi connectivity index (χ1) is 7.25. The van der Waals surface area contributed by atoms with E-state index in [0.717, 1.165) is 0 Å². The predicted molar refractivity (Wildman–Crippen MR) is 53.0 cm³/mol. The Balaban J connectivity index is 4.40. The van der Waals surface area contributed by atoms with E-state index in [9.17, 15) is 14.4 Å². The van der Waals surface area contributed by atoms with Gasteiger partial charge in [-0.1, -0.05) is 0 Å². The van der Waals surface area contributed by atoms with Crippen LogP contribution >= 0.6 is 0 Å². The number of primary amides is 1. The van der Waals surface area contributed by atoms with Crippen molar-refractivity contribution in [3.63, 3.8) is 0 Å². The summed E-state index contributed by atoms with van der Waals surface area (Å²) in [6, 6.07) is -2.69. The topological polar surface area (TPSA) is 156 Å². The Kier molecular flexibility index (Phi) is 5.40. The van der Waals surface area contributed by atoms with Gasteiger partial charge in [-0.3, -0.25) is 9.59 Å². The number of nitrogens with two attached hydrogens (primary N) is 2. The van der Waals surface area contributed by atoms with Crippen LogP contribution in [-0.4, -0.2) is 46.2 Å². The molecule has 2 amide bonds. The molecule has 0 aromatic carbocycles. The Morgan fingerprint density at radius 2 is 1.88 bits per heavy atom. The zero-order valence-electron chi connectivity index (χ0n) is 8.71. The molecule has 0 saturated heterocycles. The van der Waals surface area contributed by atoms with Crippen LogP contribution in [0.15, 0.2) is 0 Å². The third kappa shape index (κ3) is 4.71. The first kappa shape index (κ1) is 14.3. The van der Waals surface area contributed by atoms with E-state index in [-0.39, 0.29) is 0 Å². The smallest absolute Gasteiger partial charge is 0.328 e. The largest absolute Gasteiger partial charge is 0.480 e. The van der Waals surface area contributed by atoms with Crippen molar-refractivity contribution in [1.82, 2.24) is 5.32 Å². The van der Waals surface area contributed by atoms with Crippen molar-refractivity contribution in [2.45, 2.75) is 31.5 Å². The summed E-state index contributed by atoms with van der Waals surface area (Å²) in [7, 11) is 0. The third-order valence-electron chi connectivity index (χ3n) is 1.80. The SMILES string of the molecule is C[C@@H](O)[C@H](NC(=O)C(N)CC(N)=O)C(=O)O. The molecule has 3 atom stereocenters. The van der Waals surface area contributed by atoms with E-state index in [0.29, 0.717) is 0 Å². The van der Waals surface area contributed by atoms with Gasteiger partial charge in [-0.25, -0.2) is 4.79 Å². The standard InChI is InChI=1S/C8H15N3O5/c1-3(12)6(8(15)16)11-7(14)4(9)2-5(10)13/h3-4,6,12H,2,9H2,1H3,(H2,10,13)(H,11,14)(H,15,16)/t3-,4?,6+/m1/s1. The maximum Gasteiger partial charge on any atom is 0.328 e. The molecule has 7 N–H and O–H groups in total. The molecular formula is C8H15N3O5. The summed E-state index contributed by atoms with van der Waals surface area (Å²) in [4.78, 5) is 32.4. The molecule has 8 heteroatoms. The van der Waals surface area contributed by atoms with Gasteiger partial charge in [0.25, 0.3) is 0 Å². The fourth-order valence-corrected chi connectivity index (χ4v) is 0.958. The molecule has 0 aromatic rings. The molecular weight excluding hydrogens is 218 g/mol. The zero-order chi connectivity index (χ0) is 12.9. The number of carboxylic acids is 1. The van der Waals surface area contributed by atoms with Crippen LogP contribution in [0.4, 0.5) is 0 Å². The first-order valence-corrected chi connectivity index (χ1v) is 4.50. The molecule has 0 aromatic heterocycles. The number of hydrogen-bond acceptors (Lipinski definition) is 5. The van der Waals surface area contributed by atoms with Gasteiger partial charge >= 0.3 is 5.97 Å². The van der Waals surface area contributed by atoms with Crippen LogP contribution in [0.1, 0.15) is 13.3 Å². The zero-order valence-corrected chi connectivity index (χ0v) is 8.71. The lowest BCUT2D eigenvalue weighted by atomic mass is 10.1. The van der Waals surface area contributed by atoms with Crippen molar-refractivity contribution < 1.29 is 24.6 Å². The average Bonchev–Trinajstić information content (AvgIpc) is 2.11. The number of hydrogen-bond donors (Lipinski definition) is 5. The Morgan fingerprint density at radius 1 is 1.38 bits per heavy atom. The van der Waals surface area contributed by atoms with Crippen LogP contribution in [0.2, 0.25) is 0 Å². The fraction of sp³-hybridized carbons (Fsp3) is 0.625. The van der Waals surface area contributed by atoms with Crippen LogP contribution in [0.5, 0.6) is 0 Å². The van der Waals surface area contributed by atoms with Crippen molar-refractivity contribution in [2.24, 2.45) is 11.5 Å². The molecule has 8 nitrogen and oxygen atoms in total. The summed E-state index contributed by atoms with van der Waals surface area (Å²) in [6.45, 7) is 1.21. The van der Waals surface area contributed by atoms with Crippen molar-refractivity contribution in [2.75, 3.05) is 0 Å². The highest BCUT2D eigenvalue weighted by Crippen LogP contribution is 1.95. The monoisotopic (exact) mass is 233 g/mol. The van der Waals surface area contributed by atoms with Crippen LogP contribution in [0, 0.1) is 0 Å². The average molecular weight is 233 g/mol. The molecule has 0 radical (unpaired) electrons. The molecule has 0 aliphatic heterocycles. The minimum atomic E-state index is -1.47. The summed E-state index contributed by atoms with van der Waals surface area (Å²) in [5.74, 6) is -3.02. The summed E-state index contributed by atoms with van der Waals surface area (Å²) in [6.07, 6.45) is -1.67. The van der Waals surface area contributed by atoms with Crippen LogP contribution in [0.3, 0.4) is 0 Å². The van der Waals surface area contributed by atoms with Crippen LogP contribution < -0.4 is 16.8 Å². The number of aliphatic hydroxyl groups is 1. The summed E-state index contributed by atoms with van der Waals surface area (Å²) in [5.41, 5.74) is 10.1. The molecule has 0 heterocycles. The van der Waals surface area contributed by atoms with Crippen LogP contribution in [0.25, 0.3) is 0 Å². The summed E-state index contributed by atoms with van der Waals surface area (Å²) >= 11 is 0. The second-order valence-corrected chi connectivity index (χ2v) is 3.34. The van der Waals surface area contributed by atoms with Gasteiger partial charge in [-0.05, 0) is 6.92 Å². The van der Waals surface area contributed by atoms with Gasteiger partial charge in [-0.15, -0.1) is 0 Å². The van der Waals surface area contributed by atoms with Gasteiger partial charge in [0.1, 0.15) is 0 Å². The van der Waals surface area contributed by atoms with E-state index in [1.165, 1.54) is 6.92 Å². The lowest BCUT2D eigenvalue weighted by Gasteiger charge is -2.19. The highest BCUT2D eigenvalue weighted by molar-refractivity contribution is 5.90. The maximum absolute atomic E-state index is 11.3. The maximum atomic E-state index is 11.3. The molecule has 0 rings (SSSR count). The highest BCUT2D eigenvalue weighted by Gasteiger charge is 2.27. The Labute approximate surface area is 91.6 Å². The number of carboxylic acid groups (broad SMARTS) is 1. The Bertz CT molecular complexity index is 291. The van der Waals surface area contributed by atoms with E-state index in [2.05, 4.69) is 0 Å². The molecule has 0 spiro atoms. The van der Waals surface area contributed by atoms with E-state index < -0.39 is 42.4 Å². The molecule has 0 bridgehead atoms. The Hall–Kier alpha value is -1.67. The highest BCUT2D eigenvalue weighted by atomic mass is 16.4. The van der Waals surface area contributed by atoms with Gasteiger partial charge in [0.2, 0.25) is 11.8 Å². The minimum absolute atomic E-state index is 0.391. The van der Waals surface area contributed by atoms with Crippen molar-refractivity contribution in [3.05, 3.63) is 0 Å². The molecule has 0 aliphatic carbocycles. The number of aliphatic carboxylic acids is 1. The van der Waals surface area contributed by atoms with Gasteiger partial charge in [0, 0.05) is 0 Å². The number of carbonyl (C=O) groups excluding carboxylic acids is 2. The van der Waals surface area contributed by atoms with Crippen LogP contribution in [-0.2, 0) is 14.4 Å². The lowest BCUT2D eigenvalue weighted by Crippen LogP contribution is -2.53. The molecule has 1 unspecified atom stereocenters. The number of rotatable bonds is 6.